The number of nitrogens with zero attached hydrogens (tertiary/aromatic N) is 3. The number of ether oxygens (including phenoxy) is 1. The zero-order chi connectivity index (χ0) is 13.2. The van der Waals surface area contributed by atoms with E-state index in [2.05, 4.69) is 9.97 Å². The number of hydrogen-bond donors (Lipinski definition) is 1. The van der Waals surface area contributed by atoms with Gasteiger partial charge in [0.25, 0.3) is 11.8 Å². The molecular formula is C11H14N4O3. The molecule has 18 heavy (non-hydrogen) atoms. The highest BCUT2D eigenvalue weighted by molar-refractivity contribution is 5.93. The van der Waals surface area contributed by atoms with Gasteiger partial charge in [-0.2, -0.15) is 0 Å². The molecule has 1 aliphatic rings. The molecule has 1 aliphatic heterocycles. The molecule has 2 amide bonds. The maximum atomic E-state index is 12.1. The number of carbonyl (C=O) groups excluding carboxylic acids is 2. The molecule has 1 saturated heterocycles. The third-order valence-corrected chi connectivity index (χ3v) is 2.87. The summed E-state index contributed by atoms with van der Waals surface area (Å²) in [5, 5.41) is 0. The molecule has 1 aromatic heterocycles. The van der Waals surface area contributed by atoms with Crippen LogP contribution in [0.25, 0.3) is 0 Å². The summed E-state index contributed by atoms with van der Waals surface area (Å²) in [5.41, 5.74) is 4.37. The molecule has 0 saturated carbocycles. The van der Waals surface area contributed by atoms with Crippen LogP contribution in [0.15, 0.2) is 18.6 Å². The third kappa shape index (κ3) is 2.30. The lowest BCUT2D eigenvalue weighted by atomic mass is 10.0. The van der Waals surface area contributed by atoms with Crippen molar-refractivity contribution in [2.24, 2.45) is 5.73 Å². The highest BCUT2D eigenvalue weighted by Crippen LogP contribution is 2.18. The Balaban J connectivity index is 2.15. The molecule has 2 heterocycles. The topological polar surface area (TPSA) is 98.4 Å². The molecule has 96 valence electrons. The molecule has 0 spiro atoms. The van der Waals surface area contributed by atoms with Crippen molar-refractivity contribution in [2.45, 2.75) is 12.5 Å². The molecule has 0 aliphatic carbocycles. The molecule has 1 aromatic rings. The van der Waals surface area contributed by atoms with Crippen LogP contribution >= 0.6 is 0 Å². The summed E-state index contributed by atoms with van der Waals surface area (Å²) in [6, 6.07) is 0. The first-order chi connectivity index (χ1) is 8.53. The first kappa shape index (κ1) is 12.4. The van der Waals surface area contributed by atoms with E-state index < -0.39 is 11.5 Å². The number of hydrogen-bond acceptors (Lipinski definition) is 5. The fraction of sp³-hybridized carbons (Fsp3) is 0.455. The summed E-state index contributed by atoms with van der Waals surface area (Å²) in [4.78, 5) is 32.7. The van der Waals surface area contributed by atoms with Gasteiger partial charge in [-0.3, -0.25) is 14.6 Å². The monoisotopic (exact) mass is 250 g/mol. The van der Waals surface area contributed by atoms with Gasteiger partial charge in [0.15, 0.2) is 5.60 Å². The largest absolute Gasteiger partial charge is 0.367 e. The summed E-state index contributed by atoms with van der Waals surface area (Å²) >= 11 is 0. The van der Waals surface area contributed by atoms with Gasteiger partial charge < -0.3 is 15.4 Å². The Labute approximate surface area is 104 Å². The lowest BCUT2D eigenvalue weighted by molar-refractivity contribution is -0.150. The average molecular weight is 250 g/mol. The van der Waals surface area contributed by atoms with Crippen molar-refractivity contribution in [3.63, 3.8) is 0 Å². The van der Waals surface area contributed by atoms with Crippen molar-refractivity contribution in [3.05, 3.63) is 24.3 Å². The van der Waals surface area contributed by atoms with E-state index in [-0.39, 0.29) is 24.8 Å². The van der Waals surface area contributed by atoms with Gasteiger partial charge in [0.1, 0.15) is 5.69 Å². The summed E-state index contributed by atoms with van der Waals surface area (Å²) < 4.78 is 5.34. The molecule has 2 rings (SSSR count). The molecule has 7 heteroatoms. The minimum atomic E-state index is -1.14. The van der Waals surface area contributed by atoms with Crippen LogP contribution in [-0.2, 0) is 9.53 Å². The minimum absolute atomic E-state index is 0.123. The van der Waals surface area contributed by atoms with Gasteiger partial charge in [-0.15, -0.1) is 0 Å². The van der Waals surface area contributed by atoms with E-state index in [4.69, 9.17) is 10.5 Å². The van der Waals surface area contributed by atoms with E-state index in [1.165, 1.54) is 23.5 Å². The van der Waals surface area contributed by atoms with Crippen molar-refractivity contribution < 1.29 is 14.3 Å². The first-order valence-electron chi connectivity index (χ1n) is 5.52. The Hall–Kier alpha value is -2.02. The molecule has 2 N–H and O–H groups in total. The van der Waals surface area contributed by atoms with Crippen molar-refractivity contribution in [1.82, 2.24) is 14.9 Å². The lowest BCUT2D eigenvalue weighted by Crippen LogP contribution is -2.58. The number of primary amides is 1. The highest BCUT2D eigenvalue weighted by Gasteiger charge is 2.39. The number of carbonyl (C=O) groups is 2. The summed E-state index contributed by atoms with van der Waals surface area (Å²) in [5.74, 6) is -0.863. The van der Waals surface area contributed by atoms with Crippen LogP contribution < -0.4 is 5.73 Å². The van der Waals surface area contributed by atoms with Crippen LogP contribution in [-0.4, -0.2) is 52.0 Å². The van der Waals surface area contributed by atoms with Gasteiger partial charge in [-0.25, -0.2) is 4.98 Å². The molecule has 7 nitrogen and oxygen atoms in total. The zero-order valence-corrected chi connectivity index (χ0v) is 10.00. The summed E-state index contributed by atoms with van der Waals surface area (Å²) in [6.07, 6.45) is 4.32. The quantitative estimate of drug-likeness (QED) is 0.740. The van der Waals surface area contributed by atoms with E-state index in [1.54, 1.807) is 6.92 Å². The van der Waals surface area contributed by atoms with E-state index >= 15 is 0 Å². The van der Waals surface area contributed by atoms with E-state index in [1.807, 2.05) is 0 Å². The van der Waals surface area contributed by atoms with Crippen LogP contribution in [0.3, 0.4) is 0 Å². The van der Waals surface area contributed by atoms with E-state index in [9.17, 15) is 9.59 Å². The second-order valence-corrected chi connectivity index (χ2v) is 4.26. The molecule has 0 aromatic carbocycles. The number of rotatable bonds is 2. The van der Waals surface area contributed by atoms with Crippen LogP contribution in [0.4, 0.5) is 0 Å². The fourth-order valence-corrected chi connectivity index (χ4v) is 1.76. The van der Waals surface area contributed by atoms with Crippen molar-refractivity contribution in [3.8, 4) is 0 Å². The normalized spacial score (nSPS) is 23.7. The predicted molar refractivity (Wildman–Crippen MR) is 61.5 cm³/mol. The maximum absolute atomic E-state index is 12.1. The van der Waals surface area contributed by atoms with E-state index in [0.717, 1.165) is 0 Å². The Morgan fingerprint density at radius 1 is 1.50 bits per heavy atom. The van der Waals surface area contributed by atoms with Crippen molar-refractivity contribution in [2.75, 3.05) is 19.7 Å². The van der Waals surface area contributed by atoms with Gasteiger partial charge in [0.05, 0.1) is 19.3 Å². The Kier molecular flexibility index (Phi) is 3.24. The summed E-state index contributed by atoms with van der Waals surface area (Å²) in [7, 11) is 0. The number of aromatic nitrogens is 2. The molecule has 0 bridgehead atoms. The Morgan fingerprint density at radius 2 is 2.28 bits per heavy atom. The standard InChI is InChI=1S/C11H14N4O3/c1-11(10(12)17)7-15(4-5-18-11)9(16)8-6-13-2-3-14-8/h2-3,6H,4-5,7H2,1H3,(H2,12,17). The lowest BCUT2D eigenvalue weighted by Gasteiger charge is -2.38. The second-order valence-electron chi connectivity index (χ2n) is 4.26. The molecule has 1 unspecified atom stereocenters. The fourth-order valence-electron chi connectivity index (χ4n) is 1.76. The van der Waals surface area contributed by atoms with Gasteiger partial charge in [0.2, 0.25) is 0 Å². The van der Waals surface area contributed by atoms with Gasteiger partial charge in [-0.05, 0) is 6.92 Å². The number of morpholine rings is 1. The predicted octanol–water partition coefficient (Wildman–Crippen LogP) is -0.807. The average Bonchev–Trinajstić information content (AvgIpc) is 2.39. The van der Waals surface area contributed by atoms with E-state index in [0.29, 0.717) is 6.54 Å². The molecule has 0 radical (unpaired) electrons. The number of nitrogens with two attached hydrogens (primary N) is 1. The number of amides is 2. The van der Waals surface area contributed by atoms with Gasteiger partial charge >= 0.3 is 0 Å². The smallest absolute Gasteiger partial charge is 0.274 e. The zero-order valence-electron chi connectivity index (χ0n) is 10.00. The Bertz CT molecular complexity index is 465. The van der Waals surface area contributed by atoms with Gasteiger partial charge in [-0.1, -0.05) is 0 Å². The first-order valence-corrected chi connectivity index (χ1v) is 5.52. The van der Waals surface area contributed by atoms with Crippen LogP contribution in [0.2, 0.25) is 0 Å². The van der Waals surface area contributed by atoms with Crippen LogP contribution in [0.1, 0.15) is 17.4 Å². The highest BCUT2D eigenvalue weighted by atomic mass is 16.5. The molecule has 1 atom stereocenters. The van der Waals surface area contributed by atoms with Crippen molar-refractivity contribution >= 4 is 11.8 Å². The maximum Gasteiger partial charge on any atom is 0.274 e. The van der Waals surface area contributed by atoms with Crippen LogP contribution in [0, 0.1) is 0 Å². The third-order valence-electron chi connectivity index (χ3n) is 2.87. The van der Waals surface area contributed by atoms with Gasteiger partial charge in [0, 0.05) is 18.9 Å². The molecule has 1 fully saturated rings. The minimum Gasteiger partial charge on any atom is -0.367 e. The summed E-state index contributed by atoms with van der Waals surface area (Å²) in [6.45, 7) is 2.37. The second kappa shape index (κ2) is 4.69. The van der Waals surface area contributed by atoms with Crippen molar-refractivity contribution in [1.29, 1.82) is 0 Å². The SMILES string of the molecule is CC1(C(N)=O)CN(C(=O)c2cnccn2)CCO1. The Morgan fingerprint density at radius 3 is 2.89 bits per heavy atom. The van der Waals surface area contributed by atoms with Crippen LogP contribution in [0.5, 0.6) is 0 Å². The molecular weight excluding hydrogens is 236 g/mol.